The number of pyridine rings is 2. The third kappa shape index (κ3) is 6.54. The van der Waals surface area contributed by atoms with Crippen molar-refractivity contribution in [2.75, 3.05) is 31.5 Å². The van der Waals surface area contributed by atoms with Gasteiger partial charge in [-0.2, -0.15) is 17.5 Å². The monoisotopic (exact) mass is 562 g/mol. The zero-order valence-electron chi connectivity index (χ0n) is 21.4. The molecule has 39 heavy (non-hydrogen) atoms. The van der Waals surface area contributed by atoms with E-state index >= 15 is 0 Å². The molecule has 1 atom stereocenters. The van der Waals surface area contributed by atoms with Crippen molar-refractivity contribution < 1.29 is 21.6 Å². The number of rotatable bonds is 8. The molecule has 0 amide bonds. The van der Waals surface area contributed by atoms with Gasteiger partial charge in [-0.3, -0.25) is 14.7 Å². The molecule has 0 aliphatic carbocycles. The third-order valence-corrected chi connectivity index (χ3v) is 8.57. The first kappa shape index (κ1) is 28.5. The lowest BCUT2D eigenvalue weighted by molar-refractivity contribution is -0.140. The van der Waals surface area contributed by atoms with E-state index < -0.39 is 28.7 Å². The Labute approximate surface area is 224 Å². The summed E-state index contributed by atoms with van der Waals surface area (Å²) in [5.74, 6) is 0. The van der Waals surface area contributed by atoms with Crippen LogP contribution >= 0.6 is 0 Å². The topological polar surface area (TPSA) is 111 Å². The van der Waals surface area contributed by atoms with Gasteiger partial charge in [0, 0.05) is 81.4 Å². The lowest BCUT2D eigenvalue weighted by Crippen LogP contribution is -2.51. The summed E-state index contributed by atoms with van der Waals surface area (Å²) in [5, 5.41) is 11.2. The number of piperazine rings is 1. The highest BCUT2D eigenvalue weighted by Crippen LogP contribution is 2.35. The van der Waals surface area contributed by atoms with Gasteiger partial charge in [-0.15, -0.1) is 0 Å². The Balaban J connectivity index is 1.70. The molecule has 0 spiro atoms. The van der Waals surface area contributed by atoms with Crippen molar-refractivity contribution in [1.29, 1.82) is 5.41 Å². The van der Waals surface area contributed by atoms with Gasteiger partial charge in [-0.05, 0) is 48.4 Å². The van der Waals surface area contributed by atoms with Gasteiger partial charge < -0.3 is 15.3 Å². The van der Waals surface area contributed by atoms with Gasteiger partial charge in [-0.25, -0.2) is 8.42 Å². The number of sulfonamides is 1. The molecule has 0 bridgehead atoms. The number of benzene rings is 1. The molecule has 4 rings (SSSR count). The smallest absolute Gasteiger partial charge is 0.354 e. The van der Waals surface area contributed by atoms with Crippen molar-refractivity contribution in [3.8, 4) is 0 Å². The highest BCUT2D eigenvalue weighted by Gasteiger charge is 2.38. The van der Waals surface area contributed by atoms with E-state index in [0.717, 1.165) is 11.8 Å². The molecular formula is C26H29F3N6O3S. The zero-order chi connectivity index (χ0) is 28.4. The maximum Gasteiger partial charge on any atom is 0.390 e. The molecule has 1 saturated heterocycles. The molecule has 1 aliphatic rings. The SMILES string of the molecule is Cc1cc(Nc2ccc(=O)n(C)c2)c(C=N)cc1C1CN(S(=O)(=O)c2cccnc2)CCN1CCC(F)(F)F. The molecule has 1 fully saturated rings. The number of nitrogens with one attached hydrogen (secondary N) is 2. The molecular weight excluding hydrogens is 533 g/mol. The van der Waals surface area contributed by atoms with E-state index in [1.807, 2.05) is 0 Å². The Bertz CT molecular complexity index is 1510. The molecule has 9 nitrogen and oxygen atoms in total. The van der Waals surface area contributed by atoms with E-state index in [1.54, 1.807) is 43.3 Å². The summed E-state index contributed by atoms with van der Waals surface area (Å²) in [7, 11) is -2.30. The zero-order valence-corrected chi connectivity index (χ0v) is 22.3. The fourth-order valence-electron chi connectivity index (χ4n) is 4.65. The maximum absolute atomic E-state index is 13.3. The second-order valence-corrected chi connectivity index (χ2v) is 11.3. The number of hydrogen-bond acceptors (Lipinski definition) is 7. The van der Waals surface area contributed by atoms with Gasteiger partial charge in [0.15, 0.2) is 0 Å². The first-order valence-corrected chi connectivity index (χ1v) is 13.6. The van der Waals surface area contributed by atoms with Gasteiger partial charge in [-0.1, -0.05) is 0 Å². The Morgan fingerprint density at radius 3 is 2.62 bits per heavy atom. The summed E-state index contributed by atoms with van der Waals surface area (Å²) in [6, 6.07) is 8.78. The van der Waals surface area contributed by atoms with Gasteiger partial charge >= 0.3 is 6.18 Å². The average molecular weight is 563 g/mol. The number of alkyl halides is 3. The van der Waals surface area contributed by atoms with Crippen LogP contribution in [-0.4, -0.2) is 65.7 Å². The van der Waals surface area contributed by atoms with Crippen molar-refractivity contribution in [2.45, 2.75) is 30.5 Å². The Morgan fingerprint density at radius 2 is 1.97 bits per heavy atom. The molecule has 0 radical (unpaired) electrons. The molecule has 0 saturated carbocycles. The Hall–Kier alpha value is -3.55. The van der Waals surface area contributed by atoms with Gasteiger partial charge in [0.05, 0.1) is 12.1 Å². The quantitative estimate of drug-likeness (QED) is 0.404. The van der Waals surface area contributed by atoms with Crippen LogP contribution in [0.15, 0.2) is 64.7 Å². The minimum Gasteiger partial charge on any atom is -0.354 e. The van der Waals surface area contributed by atoms with Crippen molar-refractivity contribution in [3.05, 3.63) is 82.0 Å². The van der Waals surface area contributed by atoms with Gasteiger partial charge in [0.25, 0.3) is 0 Å². The lowest BCUT2D eigenvalue weighted by Gasteiger charge is -2.41. The Morgan fingerprint density at radius 1 is 1.21 bits per heavy atom. The van der Waals surface area contributed by atoms with Crippen molar-refractivity contribution >= 4 is 27.6 Å². The van der Waals surface area contributed by atoms with Crippen LogP contribution in [0.25, 0.3) is 0 Å². The summed E-state index contributed by atoms with van der Waals surface area (Å²) < 4.78 is 68.7. The van der Waals surface area contributed by atoms with Crippen LogP contribution in [-0.2, 0) is 17.1 Å². The van der Waals surface area contributed by atoms with E-state index in [-0.39, 0.29) is 36.6 Å². The van der Waals surface area contributed by atoms with Crippen LogP contribution in [0.5, 0.6) is 0 Å². The van der Waals surface area contributed by atoms with Crippen molar-refractivity contribution in [1.82, 2.24) is 18.8 Å². The normalized spacial score (nSPS) is 17.2. The molecule has 2 N–H and O–H groups in total. The minimum atomic E-state index is -4.36. The van der Waals surface area contributed by atoms with Gasteiger partial charge in [0.1, 0.15) is 4.90 Å². The second-order valence-electron chi connectivity index (χ2n) is 9.40. The predicted octanol–water partition coefficient (Wildman–Crippen LogP) is 3.83. The maximum atomic E-state index is 13.3. The summed E-state index contributed by atoms with van der Waals surface area (Å²) in [6.45, 7) is 1.60. The largest absolute Gasteiger partial charge is 0.390 e. The van der Waals surface area contributed by atoms with Crippen LogP contribution in [0.3, 0.4) is 0 Å². The van der Waals surface area contributed by atoms with Crippen molar-refractivity contribution in [2.24, 2.45) is 7.05 Å². The first-order chi connectivity index (χ1) is 18.4. The summed E-state index contributed by atoms with van der Waals surface area (Å²) in [4.78, 5) is 17.3. The molecule has 1 unspecified atom stereocenters. The fourth-order valence-corrected chi connectivity index (χ4v) is 6.05. The molecule has 13 heteroatoms. The third-order valence-electron chi connectivity index (χ3n) is 6.73. The second kappa shape index (κ2) is 11.3. The number of nitrogens with zero attached hydrogens (tertiary/aromatic N) is 4. The molecule has 3 aromatic rings. The molecule has 1 aliphatic heterocycles. The van der Waals surface area contributed by atoms with E-state index in [0.29, 0.717) is 22.5 Å². The van der Waals surface area contributed by atoms with Crippen LogP contribution in [0, 0.1) is 12.3 Å². The number of aromatic nitrogens is 2. The average Bonchev–Trinajstić information content (AvgIpc) is 2.90. The number of aryl methyl sites for hydroxylation is 2. The number of halogens is 3. The predicted molar refractivity (Wildman–Crippen MR) is 142 cm³/mol. The van der Waals surface area contributed by atoms with E-state index in [4.69, 9.17) is 5.41 Å². The van der Waals surface area contributed by atoms with E-state index in [9.17, 15) is 26.4 Å². The fraction of sp³-hybridized carbons (Fsp3) is 0.346. The minimum absolute atomic E-state index is 0.0150. The molecule has 2 aromatic heterocycles. The summed E-state index contributed by atoms with van der Waals surface area (Å²) in [6.07, 6.45) is 0.0626. The molecule has 3 heterocycles. The highest BCUT2D eigenvalue weighted by molar-refractivity contribution is 7.89. The molecule has 1 aromatic carbocycles. The van der Waals surface area contributed by atoms with Crippen LogP contribution in [0.4, 0.5) is 24.5 Å². The standard InChI is InChI=1S/C26H29F3N6O3S/c1-18-12-23(32-20-5-6-25(36)33(2)16-20)19(14-30)13-22(18)24-17-35(11-10-34(24)9-7-26(27,28)29)39(37,38)21-4-3-8-31-15-21/h3-6,8,12-16,24,30,32H,7,9-11,17H2,1-2H3. The highest BCUT2D eigenvalue weighted by atomic mass is 32.2. The van der Waals surface area contributed by atoms with Crippen molar-refractivity contribution in [3.63, 3.8) is 0 Å². The number of hydrogen-bond donors (Lipinski definition) is 2. The van der Waals surface area contributed by atoms with Gasteiger partial charge in [0.2, 0.25) is 15.6 Å². The van der Waals surface area contributed by atoms with Crippen LogP contribution in [0.1, 0.15) is 29.2 Å². The van der Waals surface area contributed by atoms with E-state index in [2.05, 4.69) is 10.3 Å². The number of anilines is 2. The summed E-state index contributed by atoms with van der Waals surface area (Å²) >= 11 is 0. The van der Waals surface area contributed by atoms with Crippen LogP contribution in [0.2, 0.25) is 0 Å². The van der Waals surface area contributed by atoms with Crippen LogP contribution < -0.4 is 10.9 Å². The lowest BCUT2D eigenvalue weighted by atomic mass is 9.94. The molecule has 208 valence electrons. The summed E-state index contributed by atoms with van der Waals surface area (Å²) in [5.41, 5.74) is 2.82. The Kier molecular flexibility index (Phi) is 8.23. The first-order valence-electron chi connectivity index (χ1n) is 12.2. The van der Waals surface area contributed by atoms with E-state index in [1.165, 1.54) is 39.5 Å².